The van der Waals surface area contributed by atoms with E-state index < -0.39 is 5.54 Å². The normalized spacial score (nSPS) is 19.3. The zero-order chi connectivity index (χ0) is 37.9. The Balaban J connectivity index is 1.10. The predicted octanol–water partition coefficient (Wildman–Crippen LogP) is 12.3. The molecule has 4 heteroatoms. The Morgan fingerprint density at radius 3 is 1.93 bits per heavy atom. The van der Waals surface area contributed by atoms with Crippen LogP contribution in [-0.4, -0.2) is 28.4 Å². The van der Waals surface area contributed by atoms with Gasteiger partial charge in [-0.2, -0.15) is 0 Å². The molecule has 2 unspecified atom stereocenters. The molecule has 0 saturated heterocycles. The van der Waals surface area contributed by atoms with Crippen molar-refractivity contribution in [3.8, 4) is 16.8 Å². The molecule has 56 heavy (non-hydrogen) atoms. The second-order valence-corrected chi connectivity index (χ2v) is 14.8. The number of hydrogen-bond acceptors (Lipinski definition) is 3. The molecule has 2 atom stereocenters. The first kappa shape index (κ1) is 35.1. The molecule has 4 nitrogen and oxygen atoms in total. The number of benzene rings is 6. The van der Waals surface area contributed by atoms with E-state index in [9.17, 15) is 0 Å². The molecule has 2 aliphatic rings. The SMILES string of the molecule is CCC1/C=C\C=C/CN=C(c2ccc(-c3ccc(C4=NC(C)(c5ccccc5)CC(c5ccccc5)=N4)cc3)cc2)c2c1c1ccccc1n2-c1ccccc1. The van der Waals surface area contributed by atoms with Crippen LogP contribution in [0.5, 0.6) is 0 Å². The van der Waals surface area contributed by atoms with Gasteiger partial charge in [0.1, 0.15) is 0 Å². The third kappa shape index (κ3) is 6.69. The quantitative estimate of drug-likeness (QED) is 0.157. The zero-order valence-corrected chi connectivity index (χ0v) is 31.9. The molecule has 0 saturated carbocycles. The van der Waals surface area contributed by atoms with Crippen LogP contribution in [0.4, 0.5) is 0 Å². The molecule has 9 rings (SSSR count). The van der Waals surface area contributed by atoms with Crippen molar-refractivity contribution in [1.29, 1.82) is 0 Å². The summed E-state index contributed by atoms with van der Waals surface area (Å²) in [6.45, 7) is 5.09. The van der Waals surface area contributed by atoms with E-state index in [4.69, 9.17) is 15.0 Å². The zero-order valence-electron chi connectivity index (χ0n) is 31.9. The molecule has 0 radical (unpaired) electrons. The Hall–Kier alpha value is -6.65. The van der Waals surface area contributed by atoms with E-state index >= 15 is 0 Å². The number of hydrogen-bond donors (Lipinski definition) is 0. The summed E-state index contributed by atoms with van der Waals surface area (Å²) in [5.41, 5.74) is 13.1. The lowest BCUT2D eigenvalue weighted by Gasteiger charge is -2.31. The van der Waals surface area contributed by atoms with Gasteiger partial charge >= 0.3 is 0 Å². The maximum atomic E-state index is 5.32. The van der Waals surface area contributed by atoms with Gasteiger partial charge in [-0.05, 0) is 59.4 Å². The number of para-hydroxylation sites is 2. The molecule has 6 aromatic carbocycles. The molecule has 0 spiro atoms. The third-order valence-electron chi connectivity index (χ3n) is 11.2. The van der Waals surface area contributed by atoms with Crippen LogP contribution in [0.1, 0.15) is 66.1 Å². The lowest BCUT2D eigenvalue weighted by atomic mass is 9.84. The van der Waals surface area contributed by atoms with Crippen LogP contribution in [0, 0.1) is 0 Å². The molecule has 0 bridgehead atoms. The summed E-state index contributed by atoms with van der Waals surface area (Å²) in [4.78, 5) is 15.8. The van der Waals surface area contributed by atoms with E-state index in [1.165, 1.54) is 22.0 Å². The number of allylic oxidation sites excluding steroid dienone is 3. The molecule has 7 aromatic rings. The largest absolute Gasteiger partial charge is 0.307 e. The highest BCUT2D eigenvalue weighted by atomic mass is 15.0. The van der Waals surface area contributed by atoms with E-state index in [1.807, 2.05) is 0 Å². The van der Waals surface area contributed by atoms with Crippen LogP contribution in [0.25, 0.3) is 27.7 Å². The predicted molar refractivity (Wildman–Crippen MR) is 235 cm³/mol. The lowest BCUT2D eigenvalue weighted by Crippen LogP contribution is -2.30. The molecule has 0 fully saturated rings. The monoisotopic (exact) mass is 724 g/mol. The number of fused-ring (bicyclic) bond motifs is 3. The van der Waals surface area contributed by atoms with Crippen LogP contribution in [0.15, 0.2) is 203 Å². The molecular weight excluding hydrogens is 681 g/mol. The summed E-state index contributed by atoms with van der Waals surface area (Å²) in [7, 11) is 0. The van der Waals surface area contributed by atoms with Crippen molar-refractivity contribution in [3.63, 3.8) is 0 Å². The Morgan fingerprint density at radius 2 is 1.23 bits per heavy atom. The molecular formula is C52H44N4. The molecule has 3 heterocycles. The fourth-order valence-electron chi connectivity index (χ4n) is 8.25. The Kier molecular flexibility index (Phi) is 9.54. The summed E-state index contributed by atoms with van der Waals surface area (Å²) < 4.78 is 2.42. The van der Waals surface area contributed by atoms with Crippen LogP contribution in [0.2, 0.25) is 0 Å². The summed E-state index contributed by atoms with van der Waals surface area (Å²) in [6, 6.07) is 58.2. The van der Waals surface area contributed by atoms with Gasteiger partial charge in [0.05, 0.1) is 34.7 Å². The molecule has 2 aliphatic heterocycles. The van der Waals surface area contributed by atoms with Crippen molar-refractivity contribution in [2.45, 2.75) is 38.1 Å². The van der Waals surface area contributed by atoms with Gasteiger partial charge in [-0.15, -0.1) is 0 Å². The second kappa shape index (κ2) is 15.2. The van der Waals surface area contributed by atoms with Crippen molar-refractivity contribution in [2.24, 2.45) is 15.0 Å². The minimum atomic E-state index is -0.425. The van der Waals surface area contributed by atoms with Gasteiger partial charge in [0.25, 0.3) is 0 Å². The summed E-state index contributed by atoms with van der Waals surface area (Å²) in [6.07, 6.45) is 10.5. The number of aromatic nitrogens is 1. The number of rotatable bonds is 7. The van der Waals surface area contributed by atoms with E-state index in [0.717, 1.165) is 69.3 Å². The summed E-state index contributed by atoms with van der Waals surface area (Å²) in [5, 5.41) is 1.27. The highest BCUT2D eigenvalue weighted by Gasteiger charge is 2.33. The molecule has 272 valence electrons. The smallest absolute Gasteiger partial charge is 0.155 e. The van der Waals surface area contributed by atoms with Crippen LogP contribution in [-0.2, 0) is 5.54 Å². The minimum Gasteiger partial charge on any atom is -0.307 e. The molecule has 0 amide bonds. The van der Waals surface area contributed by atoms with Gasteiger partial charge < -0.3 is 4.57 Å². The average molecular weight is 725 g/mol. The fraction of sp³-hybridized carbons (Fsp3) is 0.135. The third-order valence-corrected chi connectivity index (χ3v) is 11.2. The maximum absolute atomic E-state index is 5.32. The maximum Gasteiger partial charge on any atom is 0.155 e. The van der Waals surface area contributed by atoms with Gasteiger partial charge in [-0.3, -0.25) is 9.98 Å². The standard InChI is InChI=1S/C52H44N4/c1-3-37-18-10-7-17-35-53-49(50-48(37)45-25-15-16-26-47(45)56(50)44-23-13-6-14-24-44)41-31-27-38(28-32-41)39-29-33-42(34-30-39)51-54-46(40-19-8-4-9-20-40)36-52(2,55-51)43-21-11-5-12-22-43/h4-34,37H,3,35-36H2,1-2H3/b17-7-,18-10-,53-49?. The van der Waals surface area contributed by atoms with Crippen LogP contribution < -0.4 is 0 Å². The van der Waals surface area contributed by atoms with Crippen molar-refractivity contribution in [2.75, 3.05) is 6.54 Å². The molecule has 0 N–H and O–H groups in total. The van der Waals surface area contributed by atoms with Crippen molar-refractivity contribution >= 4 is 28.2 Å². The van der Waals surface area contributed by atoms with Gasteiger partial charge in [0.15, 0.2) is 5.84 Å². The summed E-state index contributed by atoms with van der Waals surface area (Å²) >= 11 is 0. The number of amidine groups is 1. The Labute approximate surface area is 329 Å². The highest BCUT2D eigenvalue weighted by Crippen LogP contribution is 2.39. The first-order valence-corrected chi connectivity index (χ1v) is 19.7. The second-order valence-electron chi connectivity index (χ2n) is 14.8. The van der Waals surface area contributed by atoms with Crippen molar-refractivity contribution in [1.82, 2.24) is 4.57 Å². The average Bonchev–Trinajstić information content (AvgIpc) is 3.60. The van der Waals surface area contributed by atoms with Gasteiger partial charge in [0.2, 0.25) is 0 Å². The first-order valence-electron chi connectivity index (χ1n) is 19.7. The van der Waals surface area contributed by atoms with Gasteiger partial charge in [-0.1, -0.05) is 177 Å². The fourth-order valence-corrected chi connectivity index (χ4v) is 8.25. The van der Waals surface area contributed by atoms with E-state index in [0.29, 0.717) is 6.54 Å². The van der Waals surface area contributed by atoms with Gasteiger partial charge in [0, 0.05) is 34.5 Å². The van der Waals surface area contributed by atoms with E-state index in [-0.39, 0.29) is 5.92 Å². The minimum absolute atomic E-state index is 0.234. The van der Waals surface area contributed by atoms with E-state index in [2.05, 4.69) is 207 Å². The summed E-state index contributed by atoms with van der Waals surface area (Å²) in [5.74, 6) is 0.995. The van der Waals surface area contributed by atoms with E-state index in [1.54, 1.807) is 0 Å². The molecule has 0 aliphatic carbocycles. The highest BCUT2D eigenvalue weighted by molar-refractivity contribution is 6.17. The van der Waals surface area contributed by atoms with Gasteiger partial charge in [-0.25, -0.2) is 4.99 Å². The Bertz CT molecular complexity index is 2640. The number of nitrogens with zero attached hydrogens (tertiary/aromatic N) is 4. The topological polar surface area (TPSA) is 42.0 Å². The Morgan fingerprint density at radius 1 is 0.625 bits per heavy atom. The van der Waals surface area contributed by atoms with Crippen molar-refractivity contribution in [3.05, 3.63) is 222 Å². The lowest BCUT2D eigenvalue weighted by molar-refractivity contribution is 0.515. The first-order chi connectivity index (χ1) is 27.6. The number of aliphatic imine (C=N–C) groups is 3. The van der Waals surface area contributed by atoms with Crippen molar-refractivity contribution < 1.29 is 0 Å². The molecule has 1 aromatic heterocycles. The van der Waals surface area contributed by atoms with Crippen LogP contribution in [0.3, 0.4) is 0 Å². The van der Waals surface area contributed by atoms with Crippen LogP contribution >= 0.6 is 0 Å².